The topological polar surface area (TPSA) is 118 Å². The highest BCUT2D eigenvalue weighted by molar-refractivity contribution is 7.89. The van der Waals surface area contributed by atoms with E-state index >= 15 is 0 Å². The maximum Gasteiger partial charge on any atom is 0.241 e. The molecule has 0 saturated carbocycles. The molecule has 9 heteroatoms. The summed E-state index contributed by atoms with van der Waals surface area (Å²) in [5.74, 6) is 0.416. The van der Waals surface area contributed by atoms with E-state index in [0.717, 1.165) is 18.4 Å². The minimum atomic E-state index is -3.94. The Kier molecular flexibility index (Phi) is 6.26. The van der Waals surface area contributed by atoms with Gasteiger partial charge >= 0.3 is 0 Å². The number of carbonyl (C=O) groups excluding carboxylic acids is 1. The van der Waals surface area contributed by atoms with Gasteiger partial charge in [0.15, 0.2) is 0 Å². The standard InChI is InChI=1S/C23H28N4O4S/c1-16-7-11-27(12-8-16)23(28)19(9-13-26-10-3-5-18(26)15-24)20-14-17-4-2-6-21(22(17)31-20)32(25,29)30/h2-6,10,16,19-20H,7-9,11-14H2,1H3,(H2,25,29,30). The van der Waals surface area contributed by atoms with Gasteiger partial charge in [0.25, 0.3) is 0 Å². The Morgan fingerprint density at radius 1 is 1.28 bits per heavy atom. The van der Waals surface area contributed by atoms with Gasteiger partial charge in [-0.2, -0.15) is 5.26 Å². The van der Waals surface area contributed by atoms with Crippen molar-refractivity contribution >= 4 is 15.9 Å². The number of amides is 1. The van der Waals surface area contributed by atoms with Crippen LogP contribution in [0.5, 0.6) is 5.75 Å². The summed E-state index contributed by atoms with van der Waals surface area (Å²) in [6.45, 7) is 4.12. The molecule has 2 N–H and O–H groups in total. The quantitative estimate of drug-likeness (QED) is 0.715. The lowest BCUT2D eigenvalue weighted by atomic mass is 9.91. The van der Waals surface area contributed by atoms with Crippen molar-refractivity contribution in [2.75, 3.05) is 13.1 Å². The second kappa shape index (κ2) is 8.96. The molecule has 3 heterocycles. The number of aromatic nitrogens is 1. The molecule has 8 nitrogen and oxygen atoms in total. The van der Waals surface area contributed by atoms with Crippen LogP contribution in [-0.4, -0.2) is 43.0 Å². The monoisotopic (exact) mass is 456 g/mol. The van der Waals surface area contributed by atoms with Crippen molar-refractivity contribution < 1.29 is 17.9 Å². The molecule has 2 aromatic rings. The van der Waals surface area contributed by atoms with Crippen molar-refractivity contribution in [2.24, 2.45) is 17.0 Å². The van der Waals surface area contributed by atoms with Crippen LogP contribution in [0.1, 0.15) is 37.4 Å². The number of likely N-dealkylation sites (tertiary alicyclic amines) is 1. The first-order valence-corrected chi connectivity index (χ1v) is 12.5. The van der Waals surface area contributed by atoms with Gasteiger partial charge in [-0.05, 0) is 48.9 Å². The lowest BCUT2D eigenvalue weighted by molar-refractivity contribution is -0.140. The Balaban J connectivity index is 1.59. The van der Waals surface area contributed by atoms with Crippen molar-refractivity contribution in [3.05, 3.63) is 47.8 Å². The number of nitrogens with two attached hydrogens (primary N) is 1. The van der Waals surface area contributed by atoms with Crippen molar-refractivity contribution in [3.8, 4) is 11.8 Å². The summed E-state index contributed by atoms with van der Waals surface area (Å²) in [5.41, 5.74) is 1.28. The van der Waals surface area contributed by atoms with Crippen molar-refractivity contribution in [2.45, 2.75) is 50.2 Å². The summed E-state index contributed by atoms with van der Waals surface area (Å²) in [6, 6.07) is 10.6. The van der Waals surface area contributed by atoms with Crippen LogP contribution in [0.25, 0.3) is 0 Å². The average Bonchev–Trinajstić information content (AvgIpc) is 3.39. The highest BCUT2D eigenvalue weighted by Crippen LogP contribution is 2.38. The SMILES string of the molecule is CC1CCN(C(=O)C(CCn2cccc2C#N)C2Cc3cccc(S(N)(=O)=O)c3O2)CC1. The van der Waals surface area contributed by atoms with Crippen LogP contribution in [0.4, 0.5) is 0 Å². The lowest BCUT2D eigenvalue weighted by Gasteiger charge is -2.34. The van der Waals surface area contributed by atoms with Gasteiger partial charge in [0.05, 0.1) is 5.92 Å². The molecule has 32 heavy (non-hydrogen) atoms. The van der Waals surface area contributed by atoms with E-state index in [4.69, 9.17) is 9.88 Å². The highest BCUT2D eigenvalue weighted by Gasteiger charge is 2.39. The van der Waals surface area contributed by atoms with Crippen LogP contribution in [-0.2, 0) is 27.8 Å². The predicted octanol–water partition coefficient (Wildman–Crippen LogP) is 2.28. The Hall–Kier alpha value is -2.83. The molecule has 170 valence electrons. The Morgan fingerprint density at radius 2 is 2.03 bits per heavy atom. The summed E-state index contributed by atoms with van der Waals surface area (Å²) < 4.78 is 32.0. The van der Waals surface area contributed by atoms with E-state index < -0.39 is 22.0 Å². The number of ether oxygens (including phenoxy) is 1. The average molecular weight is 457 g/mol. The second-order valence-electron chi connectivity index (χ2n) is 8.75. The molecule has 2 atom stereocenters. The van der Waals surface area contributed by atoms with Crippen molar-refractivity contribution in [1.29, 1.82) is 5.26 Å². The zero-order chi connectivity index (χ0) is 22.9. The number of aryl methyl sites for hydroxylation is 1. The van der Waals surface area contributed by atoms with E-state index in [1.165, 1.54) is 6.07 Å². The summed E-state index contributed by atoms with van der Waals surface area (Å²) >= 11 is 0. The molecule has 1 aromatic carbocycles. The van der Waals surface area contributed by atoms with E-state index in [9.17, 15) is 18.5 Å². The smallest absolute Gasteiger partial charge is 0.241 e. The van der Waals surface area contributed by atoms with Crippen molar-refractivity contribution in [1.82, 2.24) is 9.47 Å². The number of hydrogen-bond acceptors (Lipinski definition) is 5. The molecule has 2 unspecified atom stereocenters. The molecule has 1 saturated heterocycles. The molecule has 4 rings (SSSR count). The molecule has 1 amide bonds. The van der Waals surface area contributed by atoms with Crippen molar-refractivity contribution in [3.63, 3.8) is 0 Å². The normalized spacial score (nSPS) is 19.8. The van der Waals surface area contributed by atoms with Crippen LogP contribution in [0, 0.1) is 23.2 Å². The number of carbonyl (C=O) groups is 1. The van der Waals surface area contributed by atoms with Crippen LogP contribution >= 0.6 is 0 Å². The first-order valence-electron chi connectivity index (χ1n) is 10.9. The molecule has 2 aliphatic rings. The minimum Gasteiger partial charge on any atom is -0.488 e. The Morgan fingerprint density at radius 3 is 2.72 bits per heavy atom. The van der Waals surface area contributed by atoms with Gasteiger partial charge in [0.1, 0.15) is 28.5 Å². The highest BCUT2D eigenvalue weighted by atomic mass is 32.2. The minimum absolute atomic E-state index is 0.0255. The third-order valence-corrected chi connectivity index (χ3v) is 7.48. The molecule has 1 aromatic heterocycles. The largest absolute Gasteiger partial charge is 0.488 e. The second-order valence-corrected chi connectivity index (χ2v) is 10.3. The maximum absolute atomic E-state index is 13.6. The Bertz CT molecular complexity index is 1140. The summed E-state index contributed by atoms with van der Waals surface area (Å²) in [4.78, 5) is 15.4. The van der Waals surface area contributed by atoms with Gasteiger partial charge in [0, 0.05) is 32.3 Å². The van der Waals surface area contributed by atoms with E-state index in [2.05, 4.69) is 13.0 Å². The van der Waals surface area contributed by atoms with Gasteiger partial charge in [-0.25, -0.2) is 13.6 Å². The third-order valence-electron chi connectivity index (χ3n) is 6.54. The first-order chi connectivity index (χ1) is 15.3. The number of hydrogen-bond donors (Lipinski definition) is 1. The molecular weight excluding hydrogens is 428 g/mol. The van der Waals surface area contributed by atoms with Gasteiger partial charge in [-0.3, -0.25) is 4.79 Å². The number of primary sulfonamides is 1. The Labute approximate surface area is 188 Å². The van der Waals surface area contributed by atoms with Crippen LogP contribution in [0.2, 0.25) is 0 Å². The third kappa shape index (κ3) is 4.52. The lowest BCUT2D eigenvalue weighted by Crippen LogP contribution is -2.46. The maximum atomic E-state index is 13.6. The number of nitrogens with zero attached hydrogens (tertiary/aromatic N) is 3. The van der Waals surface area contributed by atoms with E-state index in [1.54, 1.807) is 12.1 Å². The number of sulfonamides is 1. The fourth-order valence-corrected chi connectivity index (χ4v) is 5.34. The number of para-hydroxylation sites is 1. The van der Waals surface area contributed by atoms with Crippen LogP contribution < -0.4 is 9.88 Å². The zero-order valence-electron chi connectivity index (χ0n) is 18.1. The summed E-state index contributed by atoms with van der Waals surface area (Å²) in [6.07, 6.45) is 4.20. The van der Waals surface area contributed by atoms with Crippen LogP contribution in [0.15, 0.2) is 41.4 Å². The number of fused-ring (bicyclic) bond motifs is 1. The number of piperidine rings is 1. The van der Waals surface area contributed by atoms with E-state index in [-0.39, 0.29) is 16.6 Å². The molecule has 0 radical (unpaired) electrons. The molecule has 0 spiro atoms. The molecule has 1 fully saturated rings. The van der Waals surface area contributed by atoms with E-state index in [0.29, 0.717) is 44.1 Å². The zero-order valence-corrected chi connectivity index (χ0v) is 18.9. The fourth-order valence-electron chi connectivity index (χ4n) is 4.63. The van der Waals surface area contributed by atoms with E-state index in [1.807, 2.05) is 27.8 Å². The molecule has 0 bridgehead atoms. The number of rotatable bonds is 6. The van der Waals surface area contributed by atoms with Crippen LogP contribution in [0.3, 0.4) is 0 Å². The van der Waals surface area contributed by atoms with Gasteiger partial charge in [-0.1, -0.05) is 19.1 Å². The molecule has 2 aliphatic heterocycles. The summed E-state index contributed by atoms with van der Waals surface area (Å²) in [5, 5.41) is 14.7. The first kappa shape index (κ1) is 22.4. The predicted molar refractivity (Wildman–Crippen MR) is 118 cm³/mol. The van der Waals surface area contributed by atoms with Gasteiger partial charge in [0.2, 0.25) is 15.9 Å². The van der Waals surface area contributed by atoms with Gasteiger partial charge < -0.3 is 14.2 Å². The summed E-state index contributed by atoms with van der Waals surface area (Å²) in [7, 11) is -3.94. The van der Waals surface area contributed by atoms with Gasteiger partial charge in [-0.15, -0.1) is 0 Å². The number of benzene rings is 1. The molecular formula is C23H28N4O4S. The fraction of sp³-hybridized carbons (Fsp3) is 0.478. The number of nitriles is 1. The molecule has 0 aliphatic carbocycles.